The molecule has 0 unspecified atom stereocenters. The van der Waals surface area contributed by atoms with Gasteiger partial charge >= 0.3 is 0 Å². The van der Waals surface area contributed by atoms with Crippen molar-refractivity contribution in [3.63, 3.8) is 0 Å². The number of anilines is 1. The Balaban J connectivity index is 1.68. The highest BCUT2D eigenvalue weighted by atomic mass is 16.3. The van der Waals surface area contributed by atoms with E-state index in [9.17, 15) is 0 Å². The number of rotatable bonds is 4. The lowest BCUT2D eigenvalue weighted by Crippen LogP contribution is -2.05. The number of nitrogens with one attached hydrogen (secondary N) is 1. The van der Waals surface area contributed by atoms with Crippen LogP contribution < -0.4 is 5.32 Å². The van der Waals surface area contributed by atoms with Gasteiger partial charge in [0, 0.05) is 18.7 Å². The van der Waals surface area contributed by atoms with E-state index < -0.39 is 0 Å². The third kappa shape index (κ3) is 2.52. The van der Waals surface area contributed by atoms with Gasteiger partial charge in [0.1, 0.15) is 5.52 Å². The lowest BCUT2D eigenvalue weighted by molar-refractivity contribution is 0.532. The smallest absolute Gasteiger partial charge is 0.197 e. The zero-order valence-corrected chi connectivity index (χ0v) is 11.8. The average molecular weight is 266 g/mol. The molecule has 102 valence electrons. The van der Waals surface area contributed by atoms with Crippen LogP contribution in [0.5, 0.6) is 0 Å². The Morgan fingerprint density at radius 3 is 2.60 bits per heavy atom. The Morgan fingerprint density at radius 1 is 1.00 bits per heavy atom. The van der Waals surface area contributed by atoms with Crippen LogP contribution in [0.3, 0.4) is 0 Å². The summed E-state index contributed by atoms with van der Waals surface area (Å²) in [6, 6.07) is 14.3. The molecule has 0 bridgehead atoms. The van der Waals surface area contributed by atoms with Gasteiger partial charge in [0.15, 0.2) is 11.5 Å². The molecule has 20 heavy (non-hydrogen) atoms. The van der Waals surface area contributed by atoms with Crippen molar-refractivity contribution in [3.8, 4) is 0 Å². The van der Waals surface area contributed by atoms with E-state index in [1.165, 1.54) is 11.3 Å². The molecule has 2 aromatic carbocycles. The van der Waals surface area contributed by atoms with E-state index in [0.29, 0.717) is 0 Å². The number of hydrogen-bond acceptors (Lipinski definition) is 3. The van der Waals surface area contributed by atoms with E-state index in [4.69, 9.17) is 4.42 Å². The van der Waals surface area contributed by atoms with Gasteiger partial charge in [-0.25, -0.2) is 4.98 Å². The molecule has 0 fully saturated rings. The number of nitrogens with zero attached hydrogens (tertiary/aromatic N) is 1. The quantitative estimate of drug-likeness (QED) is 0.772. The summed E-state index contributed by atoms with van der Waals surface area (Å²) in [7, 11) is 0. The Labute approximate surface area is 118 Å². The summed E-state index contributed by atoms with van der Waals surface area (Å²) in [5, 5.41) is 3.42. The second-order valence-corrected chi connectivity index (χ2v) is 5.02. The fourth-order valence-electron chi connectivity index (χ4n) is 2.32. The van der Waals surface area contributed by atoms with Gasteiger partial charge in [-0.05, 0) is 37.1 Å². The highest BCUT2D eigenvalue weighted by Crippen LogP contribution is 2.19. The molecule has 1 N–H and O–H groups in total. The second kappa shape index (κ2) is 5.37. The number of hydrogen-bond donors (Lipinski definition) is 1. The number of benzene rings is 2. The Bertz CT molecular complexity index is 731. The minimum Gasteiger partial charge on any atom is -0.440 e. The summed E-state index contributed by atoms with van der Waals surface area (Å²) in [6.45, 7) is 4.96. The first-order valence-electron chi connectivity index (χ1n) is 6.88. The fraction of sp³-hybridized carbons (Fsp3) is 0.235. The van der Waals surface area contributed by atoms with E-state index in [1.807, 2.05) is 37.3 Å². The first kappa shape index (κ1) is 12.7. The summed E-state index contributed by atoms with van der Waals surface area (Å²) in [5.74, 6) is 0.787. The molecule has 3 aromatic rings. The van der Waals surface area contributed by atoms with E-state index in [2.05, 4.69) is 29.4 Å². The Morgan fingerprint density at radius 2 is 1.80 bits per heavy atom. The van der Waals surface area contributed by atoms with Gasteiger partial charge < -0.3 is 9.73 Å². The zero-order chi connectivity index (χ0) is 13.9. The second-order valence-electron chi connectivity index (χ2n) is 5.02. The lowest BCUT2D eigenvalue weighted by Gasteiger charge is -2.07. The Hall–Kier alpha value is -2.29. The van der Waals surface area contributed by atoms with Crippen LogP contribution in [0.15, 0.2) is 46.9 Å². The molecular weight excluding hydrogens is 248 g/mol. The summed E-state index contributed by atoms with van der Waals surface area (Å²) < 4.78 is 5.82. The van der Waals surface area contributed by atoms with Crippen LogP contribution in [0, 0.1) is 13.8 Å². The molecule has 1 heterocycles. The van der Waals surface area contributed by atoms with Gasteiger partial charge in [0.25, 0.3) is 0 Å². The highest BCUT2D eigenvalue weighted by molar-refractivity contribution is 5.75. The predicted octanol–water partition coefficient (Wildman–Crippen LogP) is 4.10. The van der Waals surface area contributed by atoms with Gasteiger partial charge in [-0.3, -0.25) is 0 Å². The van der Waals surface area contributed by atoms with Crippen LogP contribution in [-0.4, -0.2) is 11.5 Å². The minimum atomic E-state index is 0.780. The third-order valence-corrected chi connectivity index (χ3v) is 3.46. The standard InChI is InChI=1S/C17H18N2O/c1-12-6-3-4-8-14(12)18-11-10-16-19-15-9-5-7-13(2)17(15)20-16/h3-9,18H,10-11H2,1-2H3. The maximum absolute atomic E-state index is 5.82. The van der Waals surface area contributed by atoms with Crippen molar-refractivity contribution in [2.24, 2.45) is 0 Å². The minimum absolute atomic E-state index is 0.780. The molecule has 0 saturated carbocycles. The zero-order valence-electron chi connectivity index (χ0n) is 11.8. The van der Waals surface area contributed by atoms with Gasteiger partial charge in [-0.15, -0.1) is 0 Å². The number of para-hydroxylation sites is 2. The van der Waals surface area contributed by atoms with Crippen LogP contribution in [0.2, 0.25) is 0 Å². The SMILES string of the molecule is Cc1ccccc1NCCc1nc2cccc(C)c2o1. The molecule has 1 aromatic heterocycles. The summed E-state index contributed by atoms with van der Waals surface area (Å²) in [4.78, 5) is 4.52. The maximum atomic E-state index is 5.82. The number of oxazole rings is 1. The van der Waals surface area contributed by atoms with Crippen molar-refractivity contribution in [1.82, 2.24) is 4.98 Å². The molecule has 0 aliphatic rings. The molecule has 0 saturated heterocycles. The first-order valence-corrected chi connectivity index (χ1v) is 6.88. The number of aromatic nitrogens is 1. The molecule has 0 spiro atoms. The van der Waals surface area contributed by atoms with Gasteiger partial charge in [0.05, 0.1) is 0 Å². The topological polar surface area (TPSA) is 38.1 Å². The van der Waals surface area contributed by atoms with Crippen LogP contribution in [0.25, 0.3) is 11.1 Å². The first-order chi connectivity index (χ1) is 9.74. The molecule has 0 radical (unpaired) electrons. The third-order valence-electron chi connectivity index (χ3n) is 3.46. The average Bonchev–Trinajstić information content (AvgIpc) is 2.85. The molecule has 0 atom stereocenters. The fourth-order valence-corrected chi connectivity index (χ4v) is 2.32. The van der Waals surface area contributed by atoms with Crippen LogP contribution in [0.1, 0.15) is 17.0 Å². The molecule has 3 heteroatoms. The molecule has 0 amide bonds. The number of fused-ring (bicyclic) bond motifs is 1. The predicted molar refractivity (Wildman–Crippen MR) is 82.1 cm³/mol. The molecule has 3 rings (SSSR count). The molecule has 0 aliphatic carbocycles. The number of aryl methyl sites for hydroxylation is 2. The summed E-state index contributed by atoms with van der Waals surface area (Å²) >= 11 is 0. The van der Waals surface area contributed by atoms with Gasteiger partial charge in [-0.1, -0.05) is 30.3 Å². The molecular formula is C17H18N2O. The van der Waals surface area contributed by atoms with Gasteiger partial charge in [-0.2, -0.15) is 0 Å². The van der Waals surface area contributed by atoms with Crippen LogP contribution in [-0.2, 0) is 6.42 Å². The van der Waals surface area contributed by atoms with E-state index in [1.54, 1.807) is 0 Å². The van der Waals surface area contributed by atoms with Crippen molar-refractivity contribution >= 4 is 16.8 Å². The van der Waals surface area contributed by atoms with E-state index in [-0.39, 0.29) is 0 Å². The van der Waals surface area contributed by atoms with Crippen molar-refractivity contribution in [2.45, 2.75) is 20.3 Å². The normalized spacial score (nSPS) is 10.9. The van der Waals surface area contributed by atoms with Crippen LogP contribution >= 0.6 is 0 Å². The maximum Gasteiger partial charge on any atom is 0.197 e. The molecule has 3 nitrogen and oxygen atoms in total. The van der Waals surface area contributed by atoms with Crippen molar-refractivity contribution < 1.29 is 4.42 Å². The van der Waals surface area contributed by atoms with E-state index >= 15 is 0 Å². The highest BCUT2D eigenvalue weighted by Gasteiger charge is 2.07. The monoisotopic (exact) mass is 266 g/mol. The molecule has 0 aliphatic heterocycles. The largest absolute Gasteiger partial charge is 0.440 e. The summed E-state index contributed by atoms with van der Waals surface area (Å²) in [5.41, 5.74) is 5.39. The van der Waals surface area contributed by atoms with Gasteiger partial charge in [0.2, 0.25) is 0 Å². The van der Waals surface area contributed by atoms with Crippen molar-refractivity contribution in [1.29, 1.82) is 0 Å². The van der Waals surface area contributed by atoms with Crippen molar-refractivity contribution in [3.05, 3.63) is 59.5 Å². The van der Waals surface area contributed by atoms with E-state index in [0.717, 1.165) is 35.5 Å². The van der Waals surface area contributed by atoms with Crippen LogP contribution in [0.4, 0.5) is 5.69 Å². The summed E-state index contributed by atoms with van der Waals surface area (Å²) in [6.07, 6.45) is 0.780. The Kier molecular flexibility index (Phi) is 3.42. The lowest BCUT2D eigenvalue weighted by atomic mass is 10.2. The van der Waals surface area contributed by atoms with Crippen molar-refractivity contribution in [2.75, 3.05) is 11.9 Å².